The lowest BCUT2D eigenvalue weighted by atomic mass is 10.2. The summed E-state index contributed by atoms with van der Waals surface area (Å²) in [4.78, 5) is 18.2. The molecule has 0 heterocycles. The molecule has 22 heavy (non-hydrogen) atoms. The summed E-state index contributed by atoms with van der Waals surface area (Å²) in [5.41, 5.74) is 20.5. The first kappa shape index (κ1) is 17.1. The monoisotopic (exact) mass is 318 g/mol. The molecule has 1 rings (SSSR count). The summed E-state index contributed by atoms with van der Waals surface area (Å²) in [6.45, 7) is -1.55. The Labute approximate surface area is 122 Å². The van der Waals surface area contributed by atoms with Crippen molar-refractivity contribution < 1.29 is 22.7 Å². The molecule has 0 radical (unpaired) electrons. The normalized spacial score (nSPS) is 11.9. The smallest absolute Gasteiger partial charge is 0.422 e. The Morgan fingerprint density at radius 2 is 1.82 bits per heavy atom. The number of aliphatic imine (C=N–C) groups is 2. The number of nitrogens with two attached hydrogens (primary N) is 4. The largest absolute Gasteiger partial charge is 0.482 e. The summed E-state index contributed by atoms with van der Waals surface area (Å²) >= 11 is 0. The van der Waals surface area contributed by atoms with Gasteiger partial charge in [0.1, 0.15) is 11.4 Å². The molecule has 1 amide bonds. The zero-order valence-corrected chi connectivity index (χ0v) is 11.1. The summed E-state index contributed by atoms with van der Waals surface area (Å²) in [5, 5.41) is 0. The molecule has 1 aromatic carbocycles. The lowest BCUT2D eigenvalue weighted by Crippen LogP contribution is -2.26. The average Bonchev–Trinajstić information content (AvgIpc) is 2.34. The second-order valence-corrected chi connectivity index (χ2v) is 3.96. The number of ether oxygens (including phenoxy) is 1. The molecule has 0 aliphatic rings. The van der Waals surface area contributed by atoms with Crippen molar-refractivity contribution in [3.8, 4) is 5.75 Å². The van der Waals surface area contributed by atoms with Crippen LogP contribution >= 0.6 is 0 Å². The summed E-state index contributed by atoms with van der Waals surface area (Å²) in [6.07, 6.45) is -4.55. The fourth-order valence-corrected chi connectivity index (χ4v) is 1.32. The first-order valence-corrected chi connectivity index (χ1v) is 5.65. The maximum Gasteiger partial charge on any atom is 0.422 e. The molecule has 0 aliphatic heterocycles. The topological polar surface area (TPSA) is 155 Å². The third-order valence-electron chi connectivity index (χ3n) is 2.11. The molecule has 0 unspecified atom stereocenters. The highest BCUT2D eigenvalue weighted by Crippen LogP contribution is 2.30. The first-order chi connectivity index (χ1) is 10.1. The Morgan fingerprint density at radius 3 is 2.32 bits per heavy atom. The molecule has 0 saturated heterocycles. The summed E-state index contributed by atoms with van der Waals surface area (Å²) < 4.78 is 41.2. The molecule has 8 nitrogen and oxygen atoms in total. The quantitative estimate of drug-likeness (QED) is 0.452. The molecule has 8 N–H and O–H groups in total. The van der Waals surface area contributed by atoms with Gasteiger partial charge in [-0.3, -0.25) is 4.79 Å². The van der Waals surface area contributed by atoms with E-state index in [0.717, 1.165) is 12.1 Å². The number of nitrogens with zero attached hydrogens (tertiary/aromatic N) is 2. The maximum absolute atomic E-state index is 12.2. The van der Waals surface area contributed by atoms with Crippen LogP contribution in [0, 0.1) is 0 Å². The number of amides is 1. The summed E-state index contributed by atoms with van der Waals surface area (Å²) in [5.74, 6) is -1.90. The van der Waals surface area contributed by atoms with E-state index in [0.29, 0.717) is 0 Å². The number of halogens is 3. The van der Waals surface area contributed by atoms with Gasteiger partial charge < -0.3 is 27.7 Å². The summed E-state index contributed by atoms with van der Waals surface area (Å²) in [6, 6.07) is 3.39. The number of guanidine groups is 2. The van der Waals surface area contributed by atoms with E-state index in [1.165, 1.54) is 6.07 Å². The molecule has 0 spiro atoms. The van der Waals surface area contributed by atoms with Crippen molar-refractivity contribution in [2.45, 2.75) is 6.18 Å². The molecule has 0 aromatic heterocycles. The Hall–Kier alpha value is -2.98. The van der Waals surface area contributed by atoms with Crippen molar-refractivity contribution in [2.75, 3.05) is 6.61 Å². The molecular weight excluding hydrogens is 305 g/mol. The molecule has 0 aliphatic carbocycles. The van der Waals surface area contributed by atoms with Crippen LogP contribution in [0.2, 0.25) is 0 Å². The van der Waals surface area contributed by atoms with Crippen molar-refractivity contribution in [3.05, 3.63) is 23.8 Å². The second kappa shape index (κ2) is 6.65. The van der Waals surface area contributed by atoms with E-state index in [2.05, 4.69) is 14.7 Å². The summed E-state index contributed by atoms with van der Waals surface area (Å²) in [7, 11) is 0. The number of carbonyl (C=O) groups is 1. The minimum Gasteiger partial charge on any atom is -0.482 e. The van der Waals surface area contributed by atoms with Gasteiger partial charge in [-0.05, 0) is 18.2 Å². The number of carbonyl (C=O) groups excluding carboxylic acids is 1. The molecule has 0 atom stereocenters. The third-order valence-corrected chi connectivity index (χ3v) is 2.11. The van der Waals surface area contributed by atoms with Gasteiger partial charge in [0, 0.05) is 5.56 Å². The number of primary amides is 1. The predicted molar refractivity (Wildman–Crippen MR) is 73.6 cm³/mol. The number of rotatable bonds is 4. The van der Waals surface area contributed by atoms with Crippen LogP contribution < -0.4 is 27.7 Å². The zero-order valence-electron chi connectivity index (χ0n) is 11.1. The van der Waals surface area contributed by atoms with Gasteiger partial charge in [0.25, 0.3) is 0 Å². The highest BCUT2D eigenvalue weighted by molar-refractivity contribution is 5.96. The van der Waals surface area contributed by atoms with E-state index in [9.17, 15) is 18.0 Å². The van der Waals surface area contributed by atoms with Crippen molar-refractivity contribution in [3.63, 3.8) is 0 Å². The molecule has 0 fully saturated rings. The van der Waals surface area contributed by atoms with Gasteiger partial charge in [-0.1, -0.05) is 0 Å². The lowest BCUT2D eigenvalue weighted by molar-refractivity contribution is -0.153. The van der Waals surface area contributed by atoms with Gasteiger partial charge in [-0.25, -0.2) is 4.99 Å². The van der Waals surface area contributed by atoms with E-state index in [1.807, 2.05) is 0 Å². The number of hydrogen-bond donors (Lipinski definition) is 4. The molecular formula is C11H13F3N6O2. The van der Waals surface area contributed by atoms with Crippen LogP contribution in [0.1, 0.15) is 10.4 Å². The van der Waals surface area contributed by atoms with Crippen LogP contribution in [0.3, 0.4) is 0 Å². The Morgan fingerprint density at radius 1 is 1.18 bits per heavy atom. The Kier molecular flexibility index (Phi) is 5.16. The SMILES string of the molecule is NC(=O)c1ccc(OCC(F)(F)F)c(N=C(N)N=C(N)N)c1. The van der Waals surface area contributed by atoms with Crippen molar-refractivity contribution in [1.29, 1.82) is 0 Å². The molecule has 0 saturated carbocycles. The average molecular weight is 318 g/mol. The van der Waals surface area contributed by atoms with E-state index in [1.54, 1.807) is 0 Å². The Bertz CT molecular complexity index is 623. The van der Waals surface area contributed by atoms with Crippen LogP contribution in [0.25, 0.3) is 0 Å². The molecule has 1 aromatic rings. The van der Waals surface area contributed by atoms with Crippen molar-refractivity contribution in [2.24, 2.45) is 32.9 Å². The van der Waals surface area contributed by atoms with Crippen molar-refractivity contribution >= 4 is 23.5 Å². The van der Waals surface area contributed by atoms with Gasteiger partial charge in [0.15, 0.2) is 12.6 Å². The standard InChI is InChI=1S/C11H13F3N6O2/c12-11(13,14)4-22-7-2-1-5(8(15)21)3-6(7)19-10(18)20-9(16)17/h1-3H,4H2,(H2,15,21)(H6,16,17,18,19,20). The fourth-order valence-electron chi connectivity index (χ4n) is 1.32. The van der Waals surface area contributed by atoms with Crippen LogP contribution in [-0.4, -0.2) is 30.6 Å². The van der Waals surface area contributed by atoms with Gasteiger partial charge in [0.05, 0.1) is 0 Å². The van der Waals surface area contributed by atoms with Gasteiger partial charge in [-0.15, -0.1) is 0 Å². The highest BCUT2D eigenvalue weighted by atomic mass is 19.4. The lowest BCUT2D eigenvalue weighted by Gasteiger charge is -2.11. The van der Waals surface area contributed by atoms with Crippen LogP contribution in [0.4, 0.5) is 18.9 Å². The highest BCUT2D eigenvalue weighted by Gasteiger charge is 2.29. The fraction of sp³-hybridized carbons (Fsp3) is 0.182. The van der Waals surface area contributed by atoms with E-state index in [4.69, 9.17) is 22.9 Å². The Balaban J connectivity index is 3.21. The zero-order chi connectivity index (χ0) is 16.9. The predicted octanol–water partition coefficient (Wildman–Crippen LogP) is -0.0538. The maximum atomic E-state index is 12.2. The van der Waals surface area contributed by atoms with Gasteiger partial charge >= 0.3 is 6.18 Å². The van der Waals surface area contributed by atoms with Crippen LogP contribution in [-0.2, 0) is 0 Å². The molecule has 0 bridgehead atoms. The molecule has 120 valence electrons. The van der Waals surface area contributed by atoms with Crippen molar-refractivity contribution in [1.82, 2.24) is 0 Å². The third kappa shape index (κ3) is 5.56. The van der Waals surface area contributed by atoms with Gasteiger partial charge in [0.2, 0.25) is 11.9 Å². The van der Waals surface area contributed by atoms with Crippen LogP contribution in [0.5, 0.6) is 5.75 Å². The van der Waals surface area contributed by atoms with Gasteiger partial charge in [-0.2, -0.15) is 18.2 Å². The van der Waals surface area contributed by atoms with E-state index >= 15 is 0 Å². The minimum absolute atomic E-state index is 0.00407. The van der Waals surface area contributed by atoms with E-state index < -0.39 is 30.6 Å². The number of alkyl halides is 3. The number of hydrogen-bond acceptors (Lipinski definition) is 3. The second-order valence-electron chi connectivity index (χ2n) is 3.96. The van der Waals surface area contributed by atoms with E-state index in [-0.39, 0.29) is 17.0 Å². The number of benzene rings is 1. The molecule has 11 heteroatoms. The first-order valence-electron chi connectivity index (χ1n) is 5.65. The minimum atomic E-state index is -4.55. The van der Waals surface area contributed by atoms with Crippen LogP contribution in [0.15, 0.2) is 28.2 Å².